The fraction of sp³-hybridized carbons (Fsp3) is 0.485. The van der Waals surface area contributed by atoms with Crippen LogP contribution in [0.3, 0.4) is 0 Å². The van der Waals surface area contributed by atoms with Crippen LogP contribution in [-0.2, 0) is 44.9 Å². The summed E-state index contributed by atoms with van der Waals surface area (Å²) in [6.07, 6.45) is 2.92. The van der Waals surface area contributed by atoms with Gasteiger partial charge in [0.2, 0.25) is 6.41 Å². The van der Waals surface area contributed by atoms with E-state index in [0.29, 0.717) is 19.1 Å². The summed E-state index contributed by atoms with van der Waals surface area (Å²) in [5, 5.41) is 10.6. The van der Waals surface area contributed by atoms with Crippen LogP contribution in [0.4, 0.5) is 5.13 Å². The molecule has 9 nitrogen and oxygen atoms in total. The lowest BCUT2D eigenvalue weighted by Gasteiger charge is -2.33. The predicted molar refractivity (Wildman–Crippen MR) is 182 cm³/mol. The Hall–Kier alpha value is -3.12. The SMILES string of the molecule is CC.CC(C)c1ccc(CNC=O)cc1.CCCc1ccc(S(=O)N2CCN(c3nc(COC)c(C)s3)CC2)cc1.O=CO. The normalized spacial score (nSPS) is 13.3. The Morgan fingerprint density at radius 2 is 1.59 bits per heavy atom. The molecule has 1 aliphatic rings. The third-order valence-electron chi connectivity index (χ3n) is 6.61. The second-order valence-corrected chi connectivity index (χ2v) is 12.7. The molecule has 1 amide bonds. The Bertz CT molecular complexity index is 1230. The van der Waals surface area contributed by atoms with E-state index in [1.165, 1.54) is 16.0 Å². The lowest BCUT2D eigenvalue weighted by Crippen LogP contribution is -2.46. The number of anilines is 1. The Kier molecular flexibility index (Phi) is 19.8. The number of nitrogens with one attached hydrogen (secondary N) is 1. The Morgan fingerprint density at radius 3 is 2.09 bits per heavy atom. The van der Waals surface area contributed by atoms with E-state index >= 15 is 0 Å². The summed E-state index contributed by atoms with van der Waals surface area (Å²) in [7, 11) is 0.610. The van der Waals surface area contributed by atoms with Crippen LogP contribution in [0.2, 0.25) is 0 Å². The molecule has 2 N–H and O–H groups in total. The second-order valence-electron chi connectivity index (χ2n) is 9.99. The van der Waals surface area contributed by atoms with Crippen LogP contribution in [0, 0.1) is 6.92 Å². The van der Waals surface area contributed by atoms with Crippen molar-refractivity contribution in [1.82, 2.24) is 14.6 Å². The van der Waals surface area contributed by atoms with Gasteiger partial charge in [-0.2, -0.15) is 0 Å². The fourth-order valence-electron chi connectivity index (χ4n) is 4.25. The third-order valence-corrected chi connectivity index (χ3v) is 9.19. The summed E-state index contributed by atoms with van der Waals surface area (Å²) in [5.74, 6) is 0.563. The van der Waals surface area contributed by atoms with E-state index in [4.69, 9.17) is 19.6 Å². The largest absolute Gasteiger partial charge is 0.483 e. The molecule has 244 valence electrons. The van der Waals surface area contributed by atoms with E-state index in [1.54, 1.807) is 18.4 Å². The van der Waals surface area contributed by atoms with Gasteiger partial charge in [0, 0.05) is 44.7 Å². The molecule has 1 aliphatic heterocycles. The molecule has 1 fully saturated rings. The summed E-state index contributed by atoms with van der Waals surface area (Å²) < 4.78 is 20.1. The fourth-order valence-corrected chi connectivity index (χ4v) is 6.38. The first-order valence-corrected chi connectivity index (χ1v) is 17.0. The highest BCUT2D eigenvalue weighted by Crippen LogP contribution is 2.27. The number of carbonyl (C=O) groups excluding carboxylic acids is 1. The standard InChI is InChI=1S/C19H27N3O2S2.C11H15NO.C2H6.CH2O2/c1-4-5-16-6-8-17(9-7-16)26(23)22-12-10-21(11-13-22)19-20-18(14-24-3)15(2)25-19;1-9(2)11-5-3-10(4-6-11)7-12-8-13;1-2;2-1-3/h6-9H,4-5,10-14H2,1-3H3;3-6,8-9H,7H2,1-2H3,(H,12,13);1-2H3;1H,(H,2,3). The zero-order valence-corrected chi connectivity index (χ0v) is 28.9. The van der Waals surface area contributed by atoms with Crippen molar-refractivity contribution in [3.05, 3.63) is 75.8 Å². The minimum absolute atomic E-state index is 0.250. The number of amides is 1. The van der Waals surface area contributed by atoms with Crippen LogP contribution >= 0.6 is 11.3 Å². The van der Waals surface area contributed by atoms with E-state index in [-0.39, 0.29) is 6.47 Å². The van der Waals surface area contributed by atoms with Crippen molar-refractivity contribution in [2.45, 2.75) is 78.3 Å². The number of rotatable bonds is 11. The van der Waals surface area contributed by atoms with Crippen LogP contribution < -0.4 is 10.2 Å². The average Bonchev–Trinajstić information content (AvgIpc) is 3.42. The molecule has 2 heterocycles. The van der Waals surface area contributed by atoms with E-state index in [9.17, 15) is 9.00 Å². The van der Waals surface area contributed by atoms with Crippen molar-refractivity contribution in [3.63, 3.8) is 0 Å². The van der Waals surface area contributed by atoms with Crippen LogP contribution in [0.25, 0.3) is 0 Å². The highest BCUT2D eigenvalue weighted by atomic mass is 32.2. The van der Waals surface area contributed by atoms with Gasteiger partial charge in [0.25, 0.3) is 6.47 Å². The quantitative estimate of drug-likeness (QED) is 0.239. The number of thiazole rings is 1. The molecule has 3 aromatic rings. The molecule has 0 aliphatic carbocycles. The highest BCUT2D eigenvalue weighted by molar-refractivity contribution is 7.82. The van der Waals surface area contributed by atoms with Crippen molar-refractivity contribution in [3.8, 4) is 0 Å². The first-order valence-electron chi connectivity index (χ1n) is 15.1. The van der Waals surface area contributed by atoms with Crippen LogP contribution in [0.15, 0.2) is 53.4 Å². The molecule has 4 rings (SSSR count). The molecular weight excluding hydrogens is 597 g/mol. The molecule has 0 saturated carbocycles. The van der Waals surface area contributed by atoms with Crippen LogP contribution in [0.1, 0.15) is 74.2 Å². The lowest BCUT2D eigenvalue weighted by molar-refractivity contribution is -0.122. The van der Waals surface area contributed by atoms with E-state index in [0.717, 1.165) is 66.7 Å². The van der Waals surface area contributed by atoms with Gasteiger partial charge in [-0.25, -0.2) is 13.5 Å². The number of nitrogens with zero attached hydrogens (tertiary/aromatic N) is 3. The molecule has 44 heavy (non-hydrogen) atoms. The number of benzene rings is 2. The van der Waals surface area contributed by atoms with Crippen molar-refractivity contribution in [2.24, 2.45) is 0 Å². The molecular formula is C33H50N4O5S2. The van der Waals surface area contributed by atoms with Crippen molar-refractivity contribution >= 4 is 40.3 Å². The number of hydrogen-bond acceptors (Lipinski definition) is 7. The van der Waals surface area contributed by atoms with Crippen molar-refractivity contribution in [2.75, 3.05) is 38.2 Å². The maximum Gasteiger partial charge on any atom is 0.290 e. The van der Waals surface area contributed by atoms with E-state index in [2.05, 4.69) is 66.5 Å². The molecule has 1 unspecified atom stereocenters. The Morgan fingerprint density at radius 1 is 1.02 bits per heavy atom. The van der Waals surface area contributed by atoms with Gasteiger partial charge < -0.3 is 20.1 Å². The van der Waals surface area contributed by atoms with E-state index < -0.39 is 11.0 Å². The van der Waals surface area contributed by atoms with Gasteiger partial charge in [0.15, 0.2) is 5.13 Å². The number of carboxylic acid groups (broad SMARTS) is 1. The minimum Gasteiger partial charge on any atom is -0.483 e. The highest BCUT2D eigenvalue weighted by Gasteiger charge is 2.24. The molecule has 1 atom stereocenters. The first-order chi connectivity index (χ1) is 21.3. The number of ether oxygens (including phenoxy) is 1. The molecule has 11 heteroatoms. The number of piperazine rings is 1. The van der Waals surface area contributed by atoms with Crippen LogP contribution in [0.5, 0.6) is 0 Å². The number of hydrogen-bond donors (Lipinski definition) is 2. The predicted octanol–water partition coefficient (Wildman–Crippen LogP) is 6.18. The van der Waals surface area contributed by atoms with Gasteiger partial charge in [0.05, 0.1) is 17.2 Å². The molecule has 0 spiro atoms. The number of aromatic nitrogens is 1. The molecule has 1 saturated heterocycles. The summed E-state index contributed by atoms with van der Waals surface area (Å²) in [6, 6.07) is 16.5. The zero-order valence-electron chi connectivity index (χ0n) is 27.2. The number of methoxy groups -OCH3 is 1. The van der Waals surface area contributed by atoms with Gasteiger partial charge in [-0.1, -0.05) is 77.4 Å². The summed E-state index contributed by atoms with van der Waals surface area (Å²) in [5.41, 5.74) is 4.79. The maximum atomic E-state index is 12.8. The molecule has 0 radical (unpaired) electrons. The second kappa shape index (κ2) is 22.4. The maximum absolute atomic E-state index is 12.8. The number of carbonyl (C=O) groups is 2. The monoisotopic (exact) mass is 646 g/mol. The smallest absolute Gasteiger partial charge is 0.290 e. The summed E-state index contributed by atoms with van der Waals surface area (Å²) in [6.45, 7) is 16.8. The van der Waals surface area contributed by atoms with E-state index in [1.807, 2.05) is 38.1 Å². The summed E-state index contributed by atoms with van der Waals surface area (Å²) in [4.78, 5) is 27.5. The molecule has 2 aromatic carbocycles. The number of aryl methyl sites for hydroxylation is 2. The van der Waals surface area contributed by atoms with Crippen molar-refractivity contribution in [1.29, 1.82) is 0 Å². The molecule has 1 aromatic heterocycles. The topological polar surface area (TPSA) is 112 Å². The zero-order chi connectivity index (χ0) is 32.9. The van der Waals surface area contributed by atoms with Gasteiger partial charge in [-0.15, -0.1) is 11.3 Å². The van der Waals surface area contributed by atoms with Gasteiger partial charge >= 0.3 is 0 Å². The third kappa shape index (κ3) is 13.3. The molecule has 0 bridgehead atoms. The minimum atomic E-state index is -1.09. The van der Waals surface area contributed by atoms with Gasteiger partial charge in [0.1, 0.15) is 11.0 Å². The summed E-state index contributed by atoms with van der Waals surface area (Å²) >= 11 is 1.71. The average molecular weight is 647 g/mol. The lowest BCUT2D eigenvalue weighted by atomic mass is 10.0. The van der Waals surface area contributed by atoms with Crippen LogP contribution in [-0.4, -0.2) is 64.8 Å². The van der Waals surface area contributed by atoms with Gasteiger partial charge in [-0.3, -0.25) is 9.59 Å². The Balaban J connectivity index is 0.000000450. The first kappa shape index (κ1) is 38.9. The Labute approximate surface area is 270 Å². The van der Waals surface area contributed by atoms with Gasteiger partial charge in [-0.05, 0) is 48.1 Å². The van der Waals surface area contributed by atoms with Crippen molar-refractivity contribution < 1.29 is 23.6 Å².